The standard InChI is InChI=1S/C18H18O3/c1-2-4-13-7-9-14(10-8-13)11-12-15-5-3-6-16(19)17(15)18(20)21/h3,5-12,19H,2,4H2,1H3,(H,20,21)/b12-11-. The number of aromatic hydroxyl groups is 1. The number of aromatic carboxylic acids is 1. The van der Waals surface area contributed by atoms with Gasteiger partial charge < -0.3 is 10.2 Å². The zero-order valence-electron chi connectivity index (χ0n) is 11.9. The molecule has 0 fully saturated rings. The van der Waals surface area contributed by atoms with Crippen LogP contribution in [0.2, 0.25) is 0 Å². The third kappa shape index (κ3) is 3.72. The van der Waals surface area contributed by atoms with Gasteiger partial charge in [0.1, 0.15) is 11.3 Å². The summed E-state index contributed by atoms with van der Waals surface area (Å²) in [5.41, 5.74) is 2.70. The molecule has 0 saturated heterocycles. The van der Waals surface area contributed by atoms with Crippen molar-refractivity contribution in [3.05, 3.63) is 64.7 Å². The van der Waals surface area contributed by atoms with Gasteiger partial charge in [-0.15, -0.1) is 0 Å². The number of carbonyl (C=O) groups is 1. The highest BCUT2D eigenvalue weighted by Crippen LogP contribution is 2.23. The quantitative estimate of drug-likeness (QED) is 0.807. The van der Waals surface area contributed by atoms with Gasteiger partial charge in [0, 0.05) is 0 Å². The number of hydrogen-bond acceptors (Lipinski definition) is 2. The summed E-state index contributed by atoms with van der Waals surface area (Å²) in [4.78, 5) is 11.2. The van der Waals surface area contributed by atoms with Crippen molar-refractivity contribution in [1.29, 1.82) is 0 Å². The number of carboxylic acid groups (broad SMARTS) is 1. The van der Waals surface area contributed by atoms with Crippen molar-refractivity contribution in [1.82, 2.24) is 0 Å². The summed E-state index contributed by atoms with van der Waals surface area (Å²) in [5, 5.41) is 18.8. The first-order valence-electron chi connectivity index (χ1n) is 6.94. The normalized spacial score (nSPS) is 10.9. The average molecular weight is 282 g/mol. The molecule has 0 radical (unpaired) electrons. The van der Waals surface area contributed by atoms with E-state index in [9.17, 15) is 9.90 Å². The topological polar surface area (TPSA) is 57.5 Å². The van der Waals surface area contributed by atoms with Gasteiger partial charge in [-0.1, -0.05) is 61.9 Å². The van der Waals surface area contributed by atoms with Crippen LogP contribution in [0.25, 0.3) is 12.2 Å². The number of hydrogen-bond donors (Lipinski definition) is 2. The summed E-state index contributed by atoms with van der Waals surface area (Å²) in [6.45, 7) is 2.14. The molecular weight excluding hydrogens is 264 g/mol. The predicted molar refractivity (Wildman–Crippen MR) is 84.4 cm³/mol. The summed E-state index contributed by atoms with van der Waals surface area (Å²) < 4.78 is 0. The van der Waals surface area contributed by atoms with Crippen molar-refractivity contribution in [3.63, 3.8) is 0 Å². The second-order valence-corrected chi connectivity index (χ2v) is 4.87. The van der Waals surface area contributed by atoms with Crippen LogP contribution in [-0.4, -0.2) is 16.2 Å². The largest absolute Gasteiger partial charge is 0.507 e. The van der Waals surface area contributed by atoms with Gasteiger partial charge in [-0.2, -0.15) is 0 Å². The first-order chi connectivity index (χ1) is 10.1. The molecule has 0 bridgehead atoms. The molecule has 3 nitrogen and oxygen atoms in total. The Morgan fingerprint density at radius 2 is 1.81 bits per heavy atom. The molecule has 21 heavy (non-hydrogen) atoms. The number of rotatable bonds is 5. The first-order valence-corrected chi connectivity index (χ1v) is 6.94. The molecule has 0 aliphatic carbocycles. The van der Waals surface area contributed by atoms with Crippen molar-refractivity contribution in [2.45, 2.75) is 19.8 Å². The Balaban J connectivity index is 2.25. The van der Waals surface area contributed by atoms with E-state index in [1.807, 2.05) is 18.2 Å². The van der Waals surface area contributed by atoms with Gasteiger partial charge in [0.05, 0.1) is 0 Å². The molecule has 0 saturated carbocycles. The van der Waals surface area contributed by atoms with E-state index in [-0.39, 0.29) is 11.3 Å². The van der Waals surface area contributed by atoms with Gasteiger partial charge in [-0.3, -0.25) is 0 Å². The Labute approximate surface area is 124 Å². The fourth-order valence-corrected chi connectivity index (χ4v) is 2.20. The van der Waals surface area contributed by atoms with E-state index in [0.717, 1.165) is 18.4 Å². The highest BCUT2D eigenvalue weighted by molar-refractivity contribution is 5.96. The van der Waals surface area contributed by atoms with Crippen molar-refractivity contribution in [2.75, 3.05) is 0 Å². The lowest BCUT2D eigenvalue weighted by Gasteiger charge is -2.04. The minimum Gasteiger partial charge on any atom is -0.507 e. The van der Waals surface area contributed by atoms with Crippen LogP contribution in [0.1, 0.15) is 40.4 Å². The molecule has 0 heterocycles. The number of carboxylic acids is 1. The highest BCUT2D eigenvalue weighted by Gasteiger charge is 2.12. The third-order valence-electron chi connectivity index (χ3n) is 3.26. The van der Waals surface area contributed by atoms with Crippen LogP contribution in [0.3, 0.4) is 0 Å². The van der Waals surface area contributed by atoms with E-state index >= 15 is 0 Å². The zero-order valence-corrected chi connectivity index (χ0v) is 11.9. The van der Waals surface area contributed by atoms with Gasteiger partial charge in [-0.05, 0) is 29.2 Å². The lowest BCUT2D eigenvalue weighted by molar-refractivity contribution is 0.0693. The van der Waals surface area contributed by atoms with E-state index in [1.165, 1.54) is 11.6 Å². The highest BCUT2D eigenvalue weighted by atomic mass is 16.4. The van der Waals surface area contributed by atoms with Gasteiger partial charge in [-0.25, -0.2) is 4.79 Å². The molecule has 0 aliphatic rings. The van der Waals surface area contributed by atoms with E-state index < -0.39 is 5.97 Å². The molecule has 0 atom stereocenters. The van der Waals surface area contributed by atoms with Crippen LogP contribution in [-0.2, 0) is 6.42 Å². The number of phenols is 1. The molecule has 0 aromatic heterocycles. The van der Waals surface area contributed by atoms with Gasteiger partial charge in [0.2, 0.25) is 0 Å². The van der Waals surface area contributed by atoms with Crippen LogP contribution in [0, 0.1) is 0 Å². The fraction of sp³-hybridized carbons (Fsp3) is 0.167. The lowest BCUT2D eigenvalue weighted by Crippen LogP contribution is -1.99. The van der Waals surface area contributed by atoms with Crippen LogP contribution < -0.4 is 0 Å². The second kappa shape index (κ2) is 6.75. The van der Waals surface area contributed by atoms with Crippen LogP contribution in [0.4, 0.5) is 0 Å². The molecule has 0 spiro atoms. The molecule has 0 aliphatic heterocycles. The maximum absolute atomic E-state index is 11.2. The van der Waals surface area contributed by atoms with Crippen molar-refractivity contribution in [3.8, 4) is 5.75 Å². The average Bonchev–Trinajstić information content (AvgIpc) is 2.46. The van der Waals surface area contributed by atoms with E-state index in [1.54, 1.807) is 18.2 Å². The molecule has 2 aromatic carbocycles. The Morgan fingerprint density at radius 1 is 1.10 bits per heavy atom. The minimum absolute atomic E-state index is 0.0728. The summed E-state index contributed by atoms with van der Waals surface area (Å²) in [6.07, 6.45) is 5.72. The fourth-order valence-electron chi connectivity index (χ4n) is 2.20. The van der Waals surface area contributed by atoms with Gasteiger partial charge in [0.25, 0.3) is 0 Å². The van der Waals surface area contributed by atoms with Crippen molar-refractivity contribution < 1.29 is 15.0 Å². The van der Waals surface area contributed by atoms with E-state index in [4.69, 9.17) is 5.11 Å². The minimum atomic E-state index is -1.13. The van der Waals surface area contributed by atoms with E-state index in [2.05, 4.69) is 19.1 Å². The monoisotopic (exact) mass is 282 g/mol. The van der Waals surface area contributed by atoms with Crippen LogP contribution >= 0.6 is 0 Å². The SMILES string of the molecule is CCCc1ccc(/C=C\c2cccc(O)c2C(=O)O)cc1. The molecule has 2 rings (SSSR count). The Morgan fingerprint density at radius 3 is 2.43 bits per heavy atom. The smallest absolute Gasteiger partial charge is 0.340 e. The summed E-state index contributed by atoms with van der Waals surface area (Å²) in [6, 6.07) is 12.8. The molecule has 0 amide bonds. The van der Waals surface area contributed by atoms with E-state index in [0.29, 0.717) is 5.56 Å². The van der Waals surface area contributed by atoms with Crippen molar-refractivity contribution >= 4 is 18.1 Å². The summed E-state index contributed by atoms with van der Waals surface area (Å²) >= 11 is 0. The summed E-state index contributed by atoms with van der Waals surface area (Å²) in [5.74, 6) is -1.35. The molecule has 3 heteroatoms. The van der Waals surface area contributed by atoms with Crippen LogP contribution in [0.5, 0.6) is 5.75 Å². The zero-order chi connectivity index (χ0) is 15.2. The Bertz CT molecular complexity index is 655. The molecule has 2 N–H and O–H groups in total. The second-order valence-electron chi connectivity index (χ2n) is 4.87. The van der Waals surface area contributed by atoms with Gasteiger partial charge >= 0.3 is 5.97 Å². The summed E-state index contributed by atoms with van der Waals surface area (Å²) in [7, 11) is 0. The van der Waals surface area contributed by atoms with Gasteiger partial charge in [0.15, 0.2) is 0 Å². The maximum Gasteiger partial charge on any atom is 0.340 e. The Kier molecular flexibility index (Phi) is 4.77. The number of benzene rings is 2. The maximum atomic E-state index is 11.2. The van der Waals surface area contributed by atoms with Crippen molar-refractivity contribution in [2.24, 2.45) is 0 Å². The number of aryl methyl sites for hydroxylation is 1. The molecular formula is C18H18O3. The molecule has 2 aromatic rings. The predicted octanol–water partition coefficient (Wildman–Crippen LogP) is 4.21. The Hall–Kier alpha value is -2.55. The van der Waals surface area contributed by atoms with Crippen LogP contribution in [0.15, 0.2) is 42.5 Å². The lowest BCUT2D eigenvalue weighted by atomic mass is 10.0. The molecule has 0 unspecified atom stereocenters. The molecule has 108 valence electrons. The first kappa shape index (κ1) is 14.9. The third-order valence-corrected chi connectivity index (χ3v) is 3.26.